The quantitative estimate of drug-likeness (QED) is 0.756. The lowest BCUT2D eigenvalue weighted by Crippen LogP contribution is -2.43. The Bertz CT molecular complexity index is 1160. The number of nitrogens with zero attached hydrogens (tertiary/aromatic N) is 1. The summed E-state index contributed by atoms with van der Waals surface area (Å²) in [5.41, 5.74) is 2.97. The Balaban J connectivity index is 1.59. The van der Waals surface area contributed by atoms with Gasteiger partial charge in [0, 0.05) is 12.2 Å². The smallest absolute Gasteiger partial charge is 0.265 e. The lowest BCUT2D eigenvalue weighted by atomic mass is 10.1. The predicted molar refractivity (Wildman–Crippen MR) is 117 cm³/mol. The Labute approximate surface area is 181 Å². The fourth-order valence-electron chi connectivity index (χ4n) is 3.88. The first-order valence-electron chi connectivity index (χ1n) is 10.2. The molecule has 0 bridgehead atoms. The summed E-state index contributed by atoms with van der Waals surface area (Å²) in [7, 11) is -3.94. The number of fused-ring (bicyclic) bond motifs is 1. The molecule has 1 fully saturated rings. The first-order chi connectivity index (χ1) is 14.7. The zero-order valence-electron chi connectivity index (χ0n) is 17.6. The number of benzene rings is 2. The summed E-state index contributed by atoms with van der Waals surface area (Å²) in [4.78, 5) is 24.9. The maximum Gasteiger partial charge on any atom is 0.265 e. The van der Waals surface area contributed by atoms with Gasteiger partial charge in [0.15, 0.2) is 6.10 Å². The maximum absolute atomic E-state index is 13.3. The highest BCUT2D eigenvalue weighted by Crippen LogP contribution is 2.34. The van der Waals surface area contributed by atoms with E-state index in [1.807, 2.05) is 26.0 Å². The number of nitrogens with one attached hydrogen (secondary N) is 2. The predicted octanol–water partition coefficient (Wildman–Crippen LogP) is 2.81. The monoisotopic (exact) mass is 443 g/mol. The van der Waals surface area contributed by atoms with Gasteiger partial charge in [0.05, 0.1) is 10.6 Å². The van der Waals surface area contributed by atoms with Gasteiger partial charge in [-0.2, -0.15) is 4.31 Å². The van der Waals surface area contributed by atoms with Crippen LogP contribution >= 0.6 is 0 Å². The van der Waals surface area contributed by atoms with Crippen LogP contribution in [-0.4, -0.2) is 43.2 Å². The number of hydrogen-bond donors (Lipinski definition) is 2. The van der Waals surface area contributed by atoms with Gasteiger partial charge in [0.1, 0.15) is 11.8 Å². The van der Waals surface area contributed by atoms with Crippen molar-refractivity contribution in [2.75, 3.05) is 17.2 Å². The number of hydrogen-bond acceptors (Lipinski definition) is 5. The summed E-state index contributed by atoms with van der Waals surface area (Å²) in [6.07, 6.45) is 0.386. The third-order valence-electron chi connectivity index (χ3n) is 5.86. The molecule has 2 amide bonds. The van der Waals surface area contributed by atoms with E-state index in [9.17, 15) is 18.0 Å². The molecule has 2 aliphatic heterocycles. The van der Waals surface area contributed by atoms with E-state index in [1.165, 1.54) is 22.5 Å². The Hall–Kier alpha value is -2.91. The Morgan fingerprint density at radius 1 is 1.23 bits per heavy atom. The largest absolute Gasteiger partial charge is 0.479 e. The zero-order chi connectivity index (χ0) is 22.3. The standard InChI is InChI=1S/C22H25N3O5S/c1-13-6-4-7-17(14(13)2)23-22(27)19-8-5-11-25(19)31(28,29)16-9-10-20-18(12-16)24-21(26)15(3)30-20/h4,6-7,9-10,12,15,19H,5,8,11H2,1-3H3,(H,23,27)(H,24,26). The minimum absolute atomic E-state index is 0.0103. The molecule has 4 rings (SSSR count). The average molecular weight is 444 g/mol. The minimum Gasteiger partial charge on any atom is -0.479 e. The second kappa shape index (κ2) is 7.97. The maximum atomic E-state index is 13.3. The van der Waals surface area contributed by atoms with Crippen LogP contribution in [0, 0.1) is 13.8 Å². The zero-order valence-corrected chi connectivity index (χ0v) is 18.5. The third kappa shape index (κ3) is 3.90. The Kier molecular flexibility index (Phi) is 5.49. The van der Waals surface area contributed by atoms with Crippen molar-refractivity contribution in [1.29, 1.82) is 0 Å². The molecule has 2 unspecified atom stereocenters. The van der Waals surface area contributed by atoms with Crippen molar-refractivity contribution in [1.82, 2.24) is 4.31 Å². The molecule has 9 heteroatoms. The number of carbonyl (C=O) groups is 2. The summed E-state index contributed by atoms with van der Waals surface area (Å²) >= 11 is 0. The summed E-state index contributed by atoms with van der Waals surface area (Å²) in [6.45, 7) is 5.74. The number of aryl methyl sites for hydroxylation is 1. The molecule has 2 atom stereocenters. The number of ether oxygens (including phenoxy) is 1. The Morgan fingerprint density at radius 3 is 2.77 bits per heavy atom. The van der Waals surface area contributed by atoms with Crippen molar-refractivity contribution in [2.24, 2.45) is 0 Å². The van der Waals surface area contributed by atoms with Crippen molar-refractivity contribution >= 4 is 33.2 Å². The number of carbonyl (C=O) groups excluding carboxylic acids is 2. The summed E-state index contributed by atoms with van der Waals surface area (Å²) in [5.74, 6) is -0.274. The molecule has 0 saturated carbocycles. The molecule has 0 spiro atoms. The van der Waals surface area contributed by atoms with E-state index in [0.29, 0.717) is 30.0 Å². The van der Waals surface area contributed by atoms with Gasteiger partial charge in [0.2, 0.25) is 15.9 Å². The van der Waals surface area contributed by atoms with Crippen molar-refractivity contribution in [3.63, 3.8) is 0 Å². The van der Waals surface area contributed by atoms with E-state index < -0.39 is 22.2 Å². The highest BCUT2D eigenvalue weighted by atomic mass is 32.2. The molecule has 2 aromatic carbocycles. The van der Waals surface area contributed by atoms with Crippen LogP contribution in [0.1, 0.15) is 30.9 Å². The molecular weight excluding hydrogens is 418 g/mol. The van der Waals surface area contributed by atoms with Gasteiger partial charge in [-0.1, -0.05) is 12.1 Å². The second-order valence-corrected chi connectivity index (χ2v) is 9.81. The lowest BCUT2D eigenvalue weighted by Gasteiger charge is -2.26. The van der Waals surface area contributed by atoms with Gasteiger partial charge < -0.3 is 15.4 Å². The molecule has 0 radical (unpaired) electrons. The summed E-state index contributed by atoms with van der Waals surface area (Å²) in [6, 6.07) is 9.16. The molecule has 1 saturated heterocycles. The number of sulfonamides is 1. The fraction of sp³-hybridized carbons (Fsp3) is 0.364. The van der Waals surface area contributed by atoms with Crippen molar-refractivity contribution < 1.29 is 22.7 Å². The number of rotatable bonds is 4. The van der Waals surface area contributed by atoms with Gasteiger partial charge in [-0.05, 0) is 69.0 Å². The van der Waals surface area contributed by atoms with E-state index in [2.05, 4.69) is 10.6 Å². The molecule has 2 heterocycles. The number of amides is 2. The second-order valence-electron chi connectivity index (χ2n) is 7.92. The molecule has 2 aliphatic rings. The molecule has 0 aromatic heterocycles. The first kappa shape index (κ1) is 21.3. The van der Waals surface area contributed by atoms with E-state index in [4.69, 9.17) is 4.74 Å². The van der Waals surface area contributed by atoms with Crippen LogP contribution in [0.5, 0.6) is 5.75 Å². The summed E-state index contributed by atoms with van der Waals surface area (Å²) in [5, 5.41) is 5.55. The molecule has 2 aromatic rings. The van der Waals surface area contributed by atoms with Gasteiger partial charge in [-0.25, -0.2) is 8.42 Å². The van der Waals surface area contributed by atoms with E-state index >= 15 is 0 Å². The van der Waals surface area contributed by atoms with Crippen LogP contribution in [0.2, 0.25) is 0 Å². The van der Waals surface area contributed by atoms with Crippen LogP contribution in [0.15, 0.2) is 41.3 Å². The van der Waals surface area contributed by atoms with Gasteiger partial charge >= 0.3 is 0 Å². The van der Waals surface area contributed by atoms with Gasteiger partial charge in [0.25, 0.3) is 5.91 Å². The highest BCUT2D eigenvalue weighted by molar-refractivity contribution is 7.89. The summed E-state index contributed by atoms with van der Waals surface area (Å²) < 4.78 is 33.4. The Morgan fingerprint density at radius 2 is 2.00 bits per heavy atom. The van der Waals surface area contributed by atoms with E-state index in [1.54, 1.807) is 13.0 Å². The van der Waals surface area contributed by atoms with Crippen molar-refractivity contribution in [3.05, 3.63) is 47.5 Å². The molecule has 0 aliphatic carbocycles. The topological polar surface area (TPSA) is 105 Å². The van der Waals surface area contributed by atoms with Crippen LogP contribution in [0.25, 0.3) is 0 Å². The van der Waals surface area contributed by atoms with Crippen molar-refractivity contribution in [3.8, 4) is 5.75 Å². The van der Waals surface area contributed by atoms with E-state index in [-0.39, 0.29) is 23.3 Å². The van der Waals surface area contributed by atoms with Crippen molar-refractivity contribution in [2.45, 2.75) is 50.7 Å². The molecule has 31 heavy (non-hydrogen) atoms. The van der Waals surface area contributed by atoms with Crippen LogP contribution in [0.4, 0.5) is 11.4 Å². The van der Waals surface area contributed by atoms with Crippen LogP contribution < -0.4 is 15.4 Å². The van der Waals surface area contributed by atoms with Crippen LogP contribution in [-0.2, 0) is 19.6 Å². The lowest BCUT2D eigenvalue weighted by molar-refractivity contribution is -0.122. The highest BCUT2D eigenvalue weighted by Gasteiger charge is 2.40. The molecule has 164 valence electrons. The molecule has 2 N–H and O–H groups in total. The molecule has 8 nitrogen and oxygen atoms in total. The SMILES string of the molecule is Cc1cccc(NC(=O)C2CCCN2S(=O)(=O)c2ccc3c(c2)NC(=O)C(C)O3)c1C. The minimum atomic E-state index is -3.94. The van der Waals surface area contributed by atoms with Gasteiger partial charge in [-0.15, -0.1) is 0 Å². The third-order valence-corrected chi connectivity index (χ3v) is 7.76. The first-order valence-corrected chi connectivity index (χ1v) is 11.6. The number of anilines is 2. The van der Waals surface area contributed by atoms with Crippen LogP contribution in [0.3, 0.4) is 0 Å². The van der Waals surface area contributed by atoms with Gasteiger partial charge in [-0.3, -0.25) is 9.59 Å². The average Bonchev–Trinajstić information content (AvgIpc) is 3.23. The fourth-order valence-corrected chi connectivity index (χ4v) is 5.56. The normalized spacial score (nSPS) is 21.2. The molecular formula is C22H25N3O5S. The van der Waals surface area contributed by atoms with E-state index in [0.717, 1.165) is 11.1 Å².